The van der Waals surface area contributed by atoms with E-state index in [1.807, 2.05) is 48.5 Å². The number of aromatic nitrogens is 1. The number of hydrogen-bond acceptors (Lipinski definition) is 6. The van der Waals surface area contributed by atoms with Gasteiger partial charge in [-0.05, 0) is 29.8 Å². The van der Waals surface area contributed by atoms with Crippen LogP contribution in [0.5, 0.6) is 17.2 Å². The number of benzene rings is 2. The van der Waals surface area contributed by atoms with E-state index in [0.29, 0.717) is 29.7 Å². The number of nitrogens with one attached hydrogen (secondary N) is 1. The molecule has 3 aromatic rings. The molecule has 0 atom stereocenters. The van der Waals surface area contributed by atoms with Gasteiger partial charge in [0.25, 0.3) is 5.91 Å². The molecule has 0 fully saturated rings. The normalized spacial score (nSPS) is 12.0. The van der Waals surface area contributed by atoms with E-state index in [9.17, 15) is 4.79 Å². The first-order chi connectivity index (χ1) is 12.8. The monoisotopic (exact) mass is 352 g/mol. The average molecular weight is 352 g/mol. The Morgan fingerprint density at radius 1 is 1.12 bits per heavy atom. The molecular formula is C19H16N2O5. The zero-order chi connectivity index (χ0) is 17.8. The number of carbonyl (C=O) groups is 1. The summed E-state index contributed by atoms with van der Waals surface area (Å²) in [5.41, 5.74) is 1.11. The highest BCUT2D eigenvalue weighted by atomic mass is 16.7. The molecule has 7 heteroatoms. The summed E-state index contributed by atoms with van der Waals surface area (Å²) in [6.07, 6.45) is 1.32. The van der Waals surface area contributed by atoms with Gasteiger partial charge in [-0.2, -0.15) is 0 Å². The Morgan fingerprint density at radius 2 is 1.96 bits per heavy atom. The topological polar surface area (TPSA) is 82.8 Å². The third kappa shape index (κ3) is 3.61. The first-order valence-corrected chi connectivity index (χ1v) is 8.07. The molecule has 2 aromatic carbocycles. The smallest absolute Gasteiger partial charge is 0.273 e. The van der Waals surface area contributed by atoms with E-state index in [4.69, 9.17) is 18.6 Å². The zero-order valence-electron chi connectivity index (χ0n) is 13.8. The van der Waals surface area contributed by atoms with Gasteiger partial charge in [0.05, 0.1) is 0 Å². The summed E-state index contributed by atoms with van der Waals surface area (Å²) >= 11 is 0. The van der Waals surface area contributed by atoms with Crippen LogP contribution in [0.25, 0.3) is 0 Å². The minimum absolute atomic E-state index is 0.152. The minimum atomic E-state index is -0.322. The van der Waals surface area contributed by atoms with Gasteiger partial charge in [0.1, 0.15) is 12.0 Å². The molecule has 0 aliphatic carbocycles. The van der Waals surface area contributed by atoms with Gasteiger partial charge in [-0.25, -0.2) is 4.98 Å². The molecule has 0 spiro atoms. The van der Waals surface area contributed by atoms with Crippen molar-refractivity contribution < 1.29 is 23.4 Å². The largest absolute Gasteiger partial charge is 0.484 e. The van der Waals surface area contributed by atoms with Crippen LogP contribution in [0, 0.1) is 0 Å². The lowest BCUT2D eigenvalue weighted by molar-refractivity contribution is 0.0945. The van der Waals surface area contributed by atoms with Crippen molar-refractivity contribution in [3.05, 3.63) is 71.9 Å². The predicted octanol–water partition coefficient (Wildman–Crippen LogP) is 2.91. The van der Waals surface area contributed by atoms with Crippen LogP contribution in [-0.2, 0) is 13.2 Å². The van der Waals surface area contributed by atoms with Gasteiger partial charge in [0.2, 0.25) is 12.7 Å². The van der Waals surface area contributed by atoms with Gasteiger partial charge >= 0.3 is 0 Å². The number of oxazole rings is 1. The lowest BCUT2D eigenvalue weighted by Crippen LogP contribution is -2.23. The van der Waals surface area contributed by atoms with E-state index in [1.54, 1.807) is 0 Å². The molecule has 1 amide bonds. The van der Waals surface area contributed by atoms with Crippen LogP contribution in [0.2, 0.25) is 0 Å². The summed E-state index contributed by atoms with van der Waals surface area (Å²) in [5.74, 6) is 2.11. The Hall–Kier alpha value is -3.48. The molecule has 0 radical (unpaired) electrons. The van der Waals surface area contributed by atoms with Crippen molar-refractivity contribution in [3.8, 4) is 17.2 Å². The van der Waals surface area contributed by atoms with E-state index in [0.717, 1.165) is 5.56 Å². The first-order valence-electron chi connectivity index (χ1n) is 8.07. The number of rotatable bonds is 6. The Bertz CT molecular complexity index is 907. The van der Waals surface area contributed by atoms with Gasteiger partial charge in [-0.1, -0.05) is 24.3 Å². The van der Waals surface area contributed by atoms with Crippen molar-refractivity contribution in [2.24, 2.45) is 0 Å². The predicted molar refractivity (Wildman–Crippen MR) is 91.0 cm³/mol. The van der Waals surface area contributed by atoms with Crippen molar-refractivity contribution in [2.45, 2.75) is 13.2 Å². The summed E-state index contributed by atoms with van der Waals surface area (Å²) in [7, 11) is 0. The van der Waals surface area contributed by atoms with E-state index in [2.05, 4.69) is 10.3 Å². The molecule has 0 bridgehead atoms. The van der Waals surface area contributed by atoms with E-state index >= 15 is 0 Å². The van der Waals surface area contributed by atoms with E-state index < -0.39 is 0 Å². The first kappa shape index (κ1) is 16.0. The van der Waals surface area contributed by atoms with Crippen LogP contribution in [-0.4, -0.2) is 17.7 Å². The summed E-state index contributed by atoms with van der Waals surface area (Å²) in [6.45, 7) is 0.718. The van der Waals surface area contributed by atoms with Crippen molar-refractivity contribution in [2.75, 3.05) is 6.79 Å². The van der Waals surface area contributed by atoms with Crippen molar-refractivity contribution in [3.63, 3.8) is 0 Å². The summed E-state index contributed by atoms with van der Waals surface area (Å²) in [6, 6.07) is 14.9. The van der Waals surface area contributed by atoms with Crippen molar-refractivity contribution >= 4 is 5.91 Å². The lowest BCUT2D eigenvalue weighted by atomic mass is 10.2. The summed E-state index contributed by atoms with van der Waals surface area (Å²) < 4.78 is 21.4. The molecule has 7 nitrogen and oxygen atoms in total. The molecule has 0 saturated heterocycles. The van der Waals surface area contributed by atoms with Crippen LogP contribution >= 0.6 is 0 Å². The lowest BCUT2D eigenvalue weighted by Gasteiger charge is -2.04. The Labute approximate surface area is 149 Å². The molecule has 1 N–H and O–H groups in total. The van der Waals surface area contributed by atoms with Gasteiger partial charge in [0.15, 0.2) is 23.8 Å². The maximum Gasteiger partial charge on any atom is 0.273 e. The van der Waals surface area contributed by atoms with Gasteiger partial charge in [-0.3, -0.25) is 4.79 Å². The fourth-order valence-corrected chi connectivity index (χ4v) is 2.47. The molecule has 132 valence electrons. The van der Waals surface area contributed by atoms with Gasteiger partial charge in [0, 0.05) is 6.54 Å². The standard InChI is InChI=1S/C19H16N2O5/c22-19(20-9-13-6-7-16-17(8-13)26-12-25-16)15-10-24-18(21-15)11-23-14-4-2-1-3-5-14/h1-8,10H,9,11-12H2,(H,20,22). The molecule has 0 unspecified atom stereocenters. The summed E-state index contributed by atoms with van der Waals surface area (Å²) in [5, 5.41) is 2.79. The minimum Gasteiger partial charge on any atom is -0.484 e. The average Bonchev–Trinajstić information content (AvgIpc) is 3.34. The molecule has 4 rings (SSSR count). The number of ether oxygens (including phenoxy) is 3. The highest BCUT2D eigenvalue weighted by molar-refractivity contribution is 5.91. The molecule has 1 aromatic heterocycles. The quantitative estimate of drug-likeness (QED) is 0.734. The van der Waals surface area contributed by atoms with Crippen molar-refractivity contribution in [1.82, 2.24) is 10.3 Å². The van der Waals surface area contributed by atoms with Crippen molar-refractivity contribution in [1.29, 1.82) is 0 Å². The number of fused-ring (bicyclic) bond motifs is 1. The van der Waals surface area contributed by atoms with Gasteiger partial charge in [-0.15, -0.1) is 0 Å². The van der Waals surface area contributed by atoms with Crippen LogP contribution in [0.3, 0.4) is 0 Å². The number of nitrogens with zero attached hydrogens (tertiary/aromatic N) is 1. The third-order valence-electron chi connectivity index (χ3n) is 3.78. The van der Waals surface area contributed by atoms with Gasteiger partial charge < -0.3 is 23.9 Å². The van der Waals surface area contributed by atoms with E-state index in [-0.39, 0.29) is 25.0 Å². The zero-order valence-corrected chi connectivity index (χ0v) is 13.8. The van der Waals surface area contributed by atoms with Crippen LogP contribution in [0.1, 0.15) is 21.9 Å². The summed E-state index contributed by atoms with van der Waals surface area (Å²) in [4.78, 5) is 16.4. The maximum absolute atomic E-state index is 12.2. The number of hydrogen-bond donors (Lipinski definition) is 1. The van der Waals surface area contributed by atoms with Crippen LogP contribution in [0.4, 0.5) is 0 Å². The number of carbonyl (C=O) groups excluding carboxylic acids is 1. The molecule has 0 saturated carbocycles. The SMILES string of the molecule is O=C(NCc1ccc2c(c1)OCO2)c1coc(COc2ccccc2)n1. The Balaban J connectivity index is 1.31. The van der Waals surface area contributed by atoms with E-state index in [1.165, 1.54) is 6.26 Å². The molecule has 1 aliphatic heterocycles. The second-order valence-corrected chi connectivity index (χ2v) is 5.60. The fourth-order valence-electron chi connectivity index (χ4n) is 2.47. The maximum atomic E-state index is 12.2. The second-order valence-electron chi connectivity index (χ2n) is 5.60. The number of amides is 1. The fraction of sp³-hybridized carbons (Fsp3) is 0.158. The highest BCUT2D eigenvalue weighted by Crippen LogP contribution is 2.32. The molecule has 26 heavy (non-hydrogen) atoms. The number of para-hydroxylation sites is 1. The second kappa shape index (κ2) is 7.18. The Kier molecular flexibility index (Phi) is 4.42. The molecular weight excluding hydrogens is 336 g/mol. The highest BCUT2D eigenvalue weighted by Gasteiger charge is 2.15. The van der Waals surface area contributed by atoms with Crippen LogP contribution < -0.4 is 19.5 Å². The van der Waals surface area contributed by atoms with Crippen LogP contribution in [0.15, 0.2) is 59.2 Å². The Morgan fingerprint density at radius 3 is 2.85 bits per heavy atom. The molecule has 2 heterocycles. The third-order valence-corrected chi connectivity index (χ3v) is 3.78. The molecule has 1 aliphatic rings.